The smallest absolute Gasteiger partial charge is 0.223 e. The van der Waals surface area contributed by atoms with E-state index in [4.69, 9.17) is 0 Å². The third-order valence-corrected chi connectivity index (χ3v) is 7.74. The number of piperidine rings is 1. The van der Waals surface area contributed by atoms with Crippen molar-refractivity contribution >= 4 is 15.7 Å². The van der Waals surface area contributed by atoms with Crippen molar-refractivity contribution in [3.63, 3.8) is 0 Å². The van der Waals surface area contributed by atoms with E-state index in [-0.39, 0.29) is 29.5 Å². The summed E-state index contributed by atoms with van der Waals surface area (Å²) in [5.74, 6) is -0.0449. The number of hydrogen-bond acceptors (Lipinski definition) is 5. The lowest BCUT2D eigenvalue weighted by Crippen LogP contribution is -2.57. The van der Waals surface area contributed by atoms with Crippen LogP contribution in [0.2, 0.25) is 0 Å². The first-order valence-electron chi connectivity index (χ1n) is 9.90. The number of sulfone groups is 1. The maximum Gasteiger partial charge on any atom is 0.223 e. The molecule has 1 spiro atoms. The van der Waals surface area contributed by atoms with Gasteiger partial charge in [0.05, 0.1) is 23.3 Å². The number of fused-ring (bicyclic) bond motifs is 2. The van der Waals surface area contributed by atoms with Crippen molar-refractivity contribution in [1.29, 1.82) is 0 Å². The Morgan fingerprint density at radius 2 is 2.11 bits per heavy atom. The number of nitrogens with zero attached hydrogens (tertiary/aromatic N) is 3. The summed E-state index contributed by atoms with van der Waals surface area (Å²) in [7, 11) is -3.10. The zero-order valence-corrected chi connectivity index (χ0v) is 16.7. The van der Waals surface area contributed by atoms with Crippen LogP contribution < -0.4 is 0 Å². The van der Waals surface area contributed by atoms with E-state index in [0.29, 0.717) is 13.1 Å². The third kappa shape index (κ3) is 3.45. The maximum absolute atomic E-state index is 12.7. The first-order chi connectivity index (χ1) is 12.9. The molecule has 3 aliphatic rings. The minimum absolute atomic E-state index is 0.0664. The van der Waals surface area contributed by atoms with Gasteiger partial charge < -0.3 is 9.88 Å². The summed E-state index contributed by atoms with van der Waals surface area (Å²) in [5.41, 5.74) is 2.33. The Morgan fingerprint density at radius 1 is 1.33 bits per heavy atom. The van der Waals surface area contributed by atoms with Crippen molar-refractivity contribution < 1.29 is 13.2 Å². The molecule has 0 radical (unpaired) electrons. The molecular weight excluding hydrogens is 364 g/mol. The van der Waals surface area contributed by atoms with E-state index in [2.05, 4.69) is 21.8 Å². The summed E-state index contributed by atoms with van der Waals surface area (Å²) < 4.78 is 23.1. The van der Waals surface area contributed by atoms with Gasteiger partial charge in [0.2, 0.25) is 5.91 Å². The van der Waals surface area contributed by atoms with Crippen LogP contribution in [0, 0.1) is 5.92 Å². The van der Waals surface area contributed by atoms with Crippen molar-refractivity contribution in [1.82, 2.24) is 19.8 Å². The molecule has 0 aliphatic carbocycles. The van der Waals surface area contributed by atoms with Gasteiger partial charge in [0.15, 0.2) is 9.84 Å². The summed E-state index contributed by atoms with van der Waals surface area (Å²) in [5, 5.41) is 1.25. The molecule has 1 saturated heterocycles. The van der Waals surface area contributed by atoms with Crippen LogP contribution in [0.15, 0.2) is 17.8 Å². The van der Waals surface area contributed by atoms with Crippen LogP contribution in [0.25, 0.3) is 0 Å². The van der Waals surface area contributed by atoms with Crippen molar-refractivity contribution in [2.75, 3.05) is 31.9 Å². The van der Waals surface area contributed by atoms with Crippen LogP contribution in [0.1, 0.15) is 44.0 Å². The fourth-order valence-corrected chi connectivity index (χ4v) is 6.32. The van der Waals surface area contributed by atoms with E-state index in [9.17, 15) is 13.2 Å². The zero-order chi connectivity index (χ0) is 19.1. The monoisotopic (exact) mass is 392 g/mol. The lowest BCUT2D eigenvalue weighted by Gasteiger charge is -2.50. The molecule has 27 heavy (non-hydrogen) atoms. The maximum atomic E-state index is 12.7. The third-order valence-electron chi connectivity index (χ3n) is 6.27. The highest BCUT2D eigenvalue weighted by atomic mass is 32.2. The first-order valence-corrected chi connectivity index (χ1v) is 11.6. The summed E-state index contributed by atoms with van der Waals surface area (Å²) in [6, 6.07) is 0. The van der Waals surface area contributed by atoms with E-state index in [1.54, 1.807) is 12.4 Å². The van der Waals surface area contributed by atoms with Crippen molar-refractivity contribution in [3.05, 3.63) is 29.2 Å². The van der Waals surface area contributed by atoms with Gasteiger partial charge in [-0.05, 0) is 25.8 Å². The first kappa shape index (κ1) is 18.7. The summed E-state index contributed by atoms with van der Waals surface area (Å²) in [6.07, 6.45) is 7.62. The number of aromatic nitrogens is 2. The van der Waals surface area contributed by atoms with Gasteiger partial charge in [0.25, 0.3) is 0 Å². The number of aromatic amines is 1. The van der Waals surface area contributed by atoms with E-state index in [0.717, 1.165) is 38.8 Å². The van der Waals surface area contributed by atoms with E-state index < -0.39 is 9.84 Å². The quantitative estimate of drug-likeness (QED) is 0.838. The molecule has 1 unspecified atom stereocenters. The standard InChI is InChI=1S/C19H28N4O3S/c1-2-7-23-8-3-16-18(21-14-20-16)19(23)5-9-22(10-6-19)17(24)12-15-4-11-27(25,26)13-15/h4,11,14-15H,2-3,5-10,12-13H2,1H3,(H,20,21). The fraction of sp³-hybridized carbons (Fsp3) is 0.684. The molecule has 3 aliphatic heterocycles. The van der Waals surface area contributed by atoms with E-state index in [1.807, 2.05) is 4.90 Å². The van der Waals surface area contributed by atoms with E-state index in [1.165, 1.54) is 16.8 Å². The number of H-pyrrole nitrogens is 1. The van der Waals surface area contributed by atoms with Crippen molar-refractivity contribution in [2.45, 2.75) is 44.6 Å². The number of hydrogen-bond donors (Lipinski definition) is 1. The van der Waals surface area contributed by atoms with Gasteiger partial charge in [-0.2, -0.15) is 0 Å². The van der Waals surface area contributed by atoms with Gasteiger partial charge in [-0.3, -0.25) is 9.69 Å². The Bertz CT molecular complexity index is 837. The van der Waals surface area contributed by atoms with Gasteiger partial charge in [-0.25, -0.2) is 13.4 Å². The minimum atomic E-state index is -3.10. The molecule has 1 aromatic rings. The predicted molar refractivity (Wildman–Crippen MR) is 103 cm³/mol. The highest BCUT2D eigenvalue weighted by molar-refractivity contribution is 7.94. The van der Waals surface area contributed by atoms with Crippen molar-refractivity contribution in [2.24, 2.45) is 5.92 Å². The predicted octanol–water partition coefficient (Wildman–Crippen LogP) is 1.44. The molecule has 1 atom stereocenters. The highest BCUT2D eigenvalue weighted by Gasteiger charge is 2.46. The molecule has 4 rings (SSSR count). The number of carbonyl (C=O) groups excluding carboxylic acids is 1. The fourth-order valence-electron chi connectivity index (χ4n) is 4.92. The molecule has 0 aromatic carbocycles. The average Bonchev–Trinajstić information content (AvgIpc) is 3.25. The SMILES string of the molecule is CCCN1CCc2[nH]cnc2C12CCN(C(=O)CC1C=CS(=O)(=O)C1)CC2. The topological polar surface area (TPSA) is 86.4 Å². The number of imidazole rings is 1. The molecule has 148 valence electrons. The molecule has 1 N–H and O–H groups in total. The number of allylic oxidation sites excluding steroid dienone is 1. The summed E-state index contributed by atoms with van der Waals surface area (Å²) in [4.78, 5) is 25.1. The van der Waals surface area contributed by atoms with Crippen LogP contribution in [-0.4, -0.2) is 66.0 Å². The van der Waals surface area contributed by atoms with Gasteiger partial charge in [-0.15, -0.1) is 0 Å². The van der Waals surface area contributed by atoms with Gasteiger partial charge in [-0.1, -0.05) is 13.0 Å². The number of carbonyl (C=O) groups is 1. The van der Waals surface area contributed by atoms with Gasteiger partial charge >= 0.3 is 0 Å². The molecule has 1 fully saturated rings. The lowest BCUT2D eigenvalue weighted by atomic mass is 9.78. The van der Waals surface area contributed by atoms with Crippen LogP contribution in [0.5, 0.6) is 0 Å². The highest BCUT2D eigenvalue weighted by Crippen LogP contribution is 2.42. The van der Waals surface area contributed by atoms with Crippen LogP contribution in [0.3, 0.4) is 0 Å². The van der Waals surface area contributed by atoms with Gasteiger partial charge in [0.1, 0.15) is 0 Å². The Labute approximate surface area is 160 Å². The van der Waals surface area contributed by atoms with Crippen LogP contribution >= 0.6 is 0 Å². The van der Waals surface area contributed by atoms with Gasteiger partial charge in [0, 0.05) is 49.5 Å². The summed E-state index contributed by atoms with van der Waals surface area (Å²) >= 11 is 0. The Morgan fingerprint density at radius 3 is 2.78 bits per heavy atom. The number of likely N-dealkylation sites (tertiary alicyclic amines) is 1. The van der Waals surface area contributed by atoms with Crippen LogP contribution in [-0.2, 0) is 26.6 Å². The second-order valence-corrected chi connectivity index (χ2v) is 9.93. The normalized spacial score (nSPS) is 26.4. The molecule has 8 heteroatoms. The minimum Gasteiger partial charge on any atom is -0.348 e. The molecule has 0 saturated carbocycles. The second kappa shape index (κ2) is 7.05. The Hall–Kier alpha value is -1.67. The molecule has 0 bridgehead atoms. The molecule has 7 nitrogen and oxygen atoms in total. The molecule has 1 aromatic heterocycles. The molecule has 1 amide bonds. The number of rotatable bonds is 4. The Kier molecular flexibility index (Phi) is 4.88. The lowest BCUT2D eigenvalue weighted by molar-refractivity contribution is -0.135. The largest absolute Gasteiger partial charge is 0.348 e. The number of amides is 1. The van der Waals surface area contributed by atoms with E-state index >= 15 is 0 Å². The number of nitrogens with one attached hydrogen (secondary N) is 1. The second-order valence-electron chi connectivity index (χ2n) is 8.00. The molecular formula is C19H28N4O3S. The van der Waals surface area contributed by atoms with Crippen LogP contribution in [0.4, 0.5) is 0 Å². The van der Waals surface area contributed by atoms with Crippen molar-refractivity contribution in [3.8, 4) is 0 Å². The average molecular weight is 393 g/mol. The Balaban J connectivity index is 1.44. The molecule has 4 heterocycles. The zero-order valence-electron chi connectivity index (χ0n) is 15.9. The summed E-state index contributed by atoms with van der Waals surface area (Å²) in [6.45, 7) is 5.69.